The Balaban J connectivity index is 2.52. The summed E-state index contributed by atoms with van der Waals surface area (Å²) in [6, 6.07) is 6.02. The van der Waals surface area contributed by atoms with Crippen LogP contribution in [0.15, 0.2) is 22.7 Å². The van der Waals surface area contributed by atoms with Gasteiger partial charge in [-0.15, -0.1) is 0 Å². The highest BCUT2D eigenvalue weighted by Gasteiger charge is 2.06. The Kier molecular flexibility index (Phi) is 4.68. The molecule has 4 heteroatoms. The van der Waals surface area contributed by atoms with Crippen LogP contribution >= 0.6 is 15.9 Å². The third-order valence-electron chi connectivity index (χ3n) is 2.31. The molecule has 1 rings (SSSR count). The number of aryl methyl sites for hydroxylation is 1. The van der Waals surface area contributed by atoms with E-state index in [9.17, 15) is 9.59 Å². The minimum Gasteiger partial charge on any atom is -0.349 e. The van der Waals surface area contributed by atoms with Gasteiger partial charge in [0.1, 0.15) is 0 Å². The van der Waals surface area contributed by atoms with E-state index in [4.69, 9.17) is 0 Å². The lowest BCUT2D eigenvalue weighted by atomic mass is 10.1. The summed E-state index contributed by atoms with van der Waals surface area (Å²) in [6.45, 7) is 3.77. The van der Waals surface area contributed by atoms with Gasteiger partial charge in [-0.3, -0.25) is 9.59 Å². The van der Waals surface area contributed by atoms with E-state index in [1.807, 2.05) is 25.1 Å². The monoisotopic (exact) mass is 283 g/mol. The first-order valence-electron chi connectivity index (χ1n) is 5.04. The predicted octanol–water partition coefficient (Wildman–Crippen LogP) is 2.01. The van der Waals surface area contributed by atoms with Gasteiger partial charge < -0.3 is 5.32 Å². The summed E-state index contributed by atoms with van der Waals surface area (Å²) in [5.74, 6) is -0.974. The summed E-state index contributed by atoms with van der Waals surface area (Å²) in [5, 5.41) is 2.57. The van der Waals surface area contributed by atoms with Crippen molar-refractivity contribution in [1.82, 2.24) is 5.32 Å². The number of benzene rings is 1. The van der Waals surface area contributed by atoms with Gasteiger partial charge in [0.15, 0.2) is 0 Å². The minimum atomic E-state index is -0.521. The molecule has 0 radical (unpaired) electrons. The van der Waals surface area contributed by atoms with Crippen molar-refractivity contribution in [2.75, 3.05) is 6.54 Å². The summed E-state index contributed by atoms with van der Waals surface area (Å²) in [7, 11) is 0. The minimum absolute atomic E-state index is 0.453. The molecule has 0 saturated heterocycles. The molecule has 86 valence electrons. The molecule has 0 fully saturated rings. The van der Waals surface area contributed by atoms with Gasteiger partial charge in [0.05, 0.1) is 0 Å². The first-order chi connectivity index (χ1) is 7.50. The first-order valence-corrected chi connectivity index (χ1v) is 5.84. The normalized spacial score (nSPS) is 9.94. The second-order valence-electron chi connectivity index (χ2n) is 3.63. The van der Waals surface area contributed by atoms with Crippen LogP contribution in [0, 0.1) is 6.92 Å². The number of ketones is 1. The van der Waals surface area contributed by atoms with Gasteiger partial charge in [-0.1, -0.05) is 22.0 Å². The van der Waals surface area contributed by atoms with Crippen molar-refractivity contribution in [1.29, 1.82) is 0 Å². The van der Waals surface area contributed by atoms with Gasteiger partial charge in [-0.2, -0.15) is 0 Å². The maximum absolute atomic E-state index is 11.0. The molecule has 0 aliphatic rings. The van der Waals surface area contributed by atoms with E-state index in [0.29, 0.717) is 6.54 Å². The van der Waals surface area contributed by atoms with Crippen molar-refractivity contribution in [3.63, 3.8) is 0 Å². The second-order valence-corrected chi connectivity index (χ2v) is 4.55. The summed E-state index contributed by atoms with van der Waals surface area (Å²) >= 11 is 3.40. The molecule has 0 heterocycles. The lowest BCUT2D eigenvalue weighted by Gasteiger charge is -2.07. The van der Waals surface area contributed by atoms with E-state index in [1.54, 1.807) is 0 Å². The lowest BCUT2D eigenvalue weighted by molar-refractivity contribution is -0.136. The van der Waals surface area contributed by atoms with Crippen LogP contribution in [0.1, 0.15) is 18.1 Å². The molecule has 0 aliphatic carbocycles. The number of hydrogen-bond acceptors (Lipinski definition) is 2. The number of rotatable bonds is 4. The Morgan fingerprint density at radius 3 is 2.69 bits per heavy atom. The Bertz CT molecular complexity index is 415. The maximum Gasteiger partial charge on any atom is 0.287 e. The van der Waals surface area contributed by atoms with E-state index in [2.05, 4.69) is 21.2 Å². The zero-order valence-corrected chi connectivity index (χ0v) is 10.9. The molecule has 0 unspecified atom stereocenters. The average Bonchev–Trinajstić information content (AvgIpc) is 2.22. The van der Waals surface area contributed by atoms with Crippen LogP contribution in [-0.2, 0) is 16.0 Å². The van der Waals surface area contributed by atoms with E-state index in [1.165, 1.54) is 18.1 Å². The van der Waals surface area contributed by atoms with Crippen molar-refractivity contribution in [2.45, 2.75) is 20.3 Å². The average molecular weight is 284 g/mol. The molecule has 0 bridgehead atoms. The van der Waals surface area contributed by atoms with Crippen LogP contribution in [0.25, 0.3) is 0 Å². The van der Waals surface area contributed by atoms with Crippen molar-refractivity contribution < 1.29 is 9.59 Å². The Labute approximate surface area is 103 Å². The summed E-state index contributed by atoms with van der Waals surface area (Å²) < 4.78 is 1.02. The molecule has 1 N–H and O–H groups in total. The lowest BCUT2D eigenvalue weighted by Crippen LogP contribution is -2.30. The zero-order valence-electron chi connectivity index (χ0n) is 9.34. The first kappa shape index (κ1) is 12.9. The van der Waals surface area contributed by atoms with Crippen molar-refractivity contribution in [2.24, 2.45) is 0 Å². The van der Waals surface area contributed by atoms with Crippen molar-refractivity contribution in [3.05, 3.63) is 33.8 Å². The number of carbonyl (C=O) groups is 2. The molecule has 3 nitrogen and oxygen atoms in total. The summed E-state index contributed by atoms with van der Waals surface area (Å²) in [6.07, 6.45) is 0.726. The Morgan fingerprint density at radius 1 is 1.38 bits per heavy atom. The van der Waals surface area contributed by atoms with Gasteiger partial charge in [-0.05, 0) is 36.6 Å². The van der Waals surface area contributed by atoms with Crippen LogP contribution in [0.4, 0.5) is 0 Å². The molecule has 0 atom stereocenters. The molecule has 1 amide bonds. The molecule has 0 spiro atoms. The number of hydrogen-bond donors (Lipinski definition) is 1. The highest BCUT2D eigenvalue weighted by molar-refractivity contribution is 9.10. The summed E-state index contributed by atoms with van der Waals surface area (Å²) in [5.41, 5.74) is 2.35. The van der Waals surface area contributed by atoms with Gasteiger partial charge in [0.25, 0.3) is 5.91 Å². The van der Waals surface area contributed by atoms with Gasteiger partial charge >= 0.3 is 0 Å². The Hall–Kier alpha value is -1.16. The third kappa shape index (κ3) is 3.77. The fraction of sp³-hybridized carbons (Fsp3) is 0.333. The van der Waals surface area contributed by atoms with E-state index in [0.717, 1.165) is 10.9 Å². The van der Waals surface area contributed by atoms with Crippen LogP contribution < -0.4 is 5.32 Å². The predicted molar refractivity (Wildman–Crippen MR) is 66.3 cm³/mol. The highest BCUT2D eigenvalue weighted by atomic mass is 79.9. The molecule has 1 aromatic carbocycles. The molecular weight excluding hydrogens is 270 g/mol. The van der Waals surface area contributed by atoms with Gasteiger partial charge in [0, 0.05) is 17.9 Å². The SMILES string of the molecule is CC(=O)C(=O)NCCc1cc(Br)ccc1C. The topological polar surface area (TPSA) is 46.2 Å². The quantitative estimate of drug-likeness (QED) is 0.860. The molecular formula is C12H14BrNO2. The Morgan fingerprint density at radius 2 is 2.06 bits per heavy atom. The fourth-order valence-corrected chi connectivity index (χ4v) is 1.75. The largest absolute Gasteiger partial charge is 0.349 e. The second kappa shape index (κ2) is 5.80. The van der Waals surface area contributed by atoms with E-state index < -0.39 is 11.7 Å². The molecule has 0 aromatic heterocycles. The van der Waals surface area contributed by atoms with Gasteiger partial charge in [0.2, 0.25) is 5.78 Å². The van der Waals surface area contributed by atoms with Crippen LogP contribution in [-0.4, -0.2) is 18.2 Å². The maximum atomic E-state index is 11.0. The molecule has 1 aromatic rings. The van der Waals surface area contributed by atoms with Crippen molar-refractivity contribution in [3.8, 4) is 0 Å². The van der Waals surface area contributed by atoms with Crippen LogP contribution in [0.3, 0.4) is 0 Å². The number of halogens is 1. The molecule has 0 saturated carbocycles. The summed E-state index contributed by atoms with van der Waals surface area (Å²) in [4.78, 5) is 21.7. The number of Topliss-reactive ketones (excluding diaryl/α,β-unsaturated/α-hetero) is 1. The van der Waals surface area contributed by atoms with Crippen LogP contribution in [0.5, 0.6) is 0 Å². The number of amides is 1. The molecule has 0 aliphatic heterocycles. The van der Waals surface area contributed by atoms with E-state index in [-0.39, 0.29) is 0 Å². The zero-order chi connectivity index (χ0) is 12.1. The highest BCUT2D eigenvalue weighted by Crippen LogP contribution is 2.16. The fourth-order valence-electron chi connectivity index (χ4n) is 1.34. The van der Waals surface area contributed by atoms with E-state index >= 15 is 0 Å². The smallest absolute Gasteiger partial charge is 0.287 e. The molecule has 16 heavy (non-hydrogen) atoms. The van der Waals surface area contributed by atoms with Gasteiger partial charge in [-0.25, -0.2) is 0 Å². The van der Waals surface area contributed by atoms with Crippen molar-refractivity contribution >= 4 is 27.6 Å². The number of carbonyl (C=O) groups excluding carboxylic acids is 2. The third-order valence-corrected chi connectivity index (χ3v) is 2.80. The number of nitrogens with one attached hydrogen (secondary N) is 1. The van der Waals surface area contributed by atoms with Crippen LogP contribution in [0.2, 0.25) is 0 Å². The standard InChI is InChI=1S/C12H14BrNO2/c1-8-3-4-11(13)7-10(8)5-6-14-12(16)9(2)15/h3-4,7H,5-6H2,1-2H3,(H,14,16).